The first kappa shape index (κ1) is 25.1. The predicted molar refractivity (Wildman–Crippen MR) is 98.6 cm³/mol. The normalized spacial score (nSPS) is 13.5. The Morgan fingerprint density at radius 2 is 1.39 bits per heavy atom. The lowest BCUT2D eigenvalue weighted by Gasteiger charge is -2.23. The molecule has 5 amide bonds. The Morgan fingerprint density at radius 3 is 1.82 bits per heavy atom. The predicted octanol–water partition coefficient (Wildman–Crippen LogP) is -4.45. The number of thiol groups is 1. The maximum atomic E-state index is 12.4. The largest absolute Gasteiger partial charge is 0.480 e. The van der Waals surface area contributed by atoms with Crippen molar-refractivity contribution in [2.45, 2.75) is 37.4 Å². The maximum absolute atomic E-state index is 12.4. The van der Waals surface area contributed by atoms with Crippen LogP contribution in [0.5, 0.6) is 0 Å². The van der Waals surface area contributed by atoms with Crippen LogP contribution in [0.1, 0.15) is 19.3 Å². The van der Waals surface area contributed by atoms with Crippen molar-refractivity contribution in [2.24, 2.45) is 17.2 Å². The van der Waals surface area contributed by atoms with Gasteiger partial charge in [0.2, 0.25) is 29.5 Å². The summed E-state index contributed by atoms with van der Waals surface area (Å²) in [6.07, 6.45) is -1.12. The fourth-order valence-electron chi connectivity index (χ4n) is 1.95. The Kier molecular flexibility index (Phi) is 11.2. The summed E-state index contributed by atoms with van der Waals surface area (Å²) in [5.41, 5.74) is 15.2. The van der Waals surface area contributed by atoms with Crippen molar-refractivity contribution < 1.29 is 33.9 Å². The molecule has 0 fully saturated rings. The van der Waals surface area contributed by atoms with Gasteiger partial charge in [-0.2, -0.15) is 12.6 Å². The quantitative estimate of drug-likeness (QED) is 0.135. The van der Waals surface area contributed by atoms with E-state index >= 15 is 0 Å². The van der Waals surface area contributed by atoms with Gasteiger partial charge in [-0.1, -0.05) is 0 Å². The lowest BCUT2D eigenvalue weighted by Crippen LogP contribution is -2.57. The van der Waals surface area contributed by atoms with Crippen LogP contribution in [0.3, 0.4) is 0 Å². The van der Waals surface area contributed by atoms with E-state index in [1.165, 1.54) is 0 Å². The summed E-state index contributed by atoms with van der Waals surface area (Å²) in [4.78, 5) is 69.3. The molecule has 10 N–H and O–H groups in total. The van der Waals surface area contributed by atoms with Crippen LogP contribution in [0.15, 0.2) is 0 Å². The number of aliphatic carboxylic acids is 1. The summed E-state index contributed by atoms with van der Waals surface area (Å²) in [6, 6.07) is -4.13. The van der Waals surface area contributed by atoms with Crippen LogP contribution in [0, 0.1) is 0 Å². The van der Waals surface area contributed by atoms with Crippen molar-refractivity contribution in [1.29, 1.82) is 0 Å². The van der Waals surface area contributed by atoms with Gasteiger partial charge >= 0.3 is 5.97 Å². The molecule has 0 aromatic rings. The number of nitrogens with two attached hydrogens (primary N) is 3. The lowest BCUT2D eigenvalue weighted by molar-refractivity contribution is -0.141. The van der Waals surface area contributed by atoms with E-state index in [4.69, 9.17) is 22.3 Å². The number of carboxylic acid groups (broad SMARTS) is 1. The molecule has 0 saturated heterocycles. The Hall–Kier alpha value is -2.87. The topological polar surface area (TPSA) is 237 Å². The highest BCUT2D eigenvalue weighted by Gasteiger charge is 2.30. The van der Waals surface area contributed by atoms with Crippen LogP contribution >= 0.6 is 12.6 Å². The number of carbonyl (C=O) groups excluding carboxylic acids is 5. The van der Waals surface area contributed by atoms with Crippen LogP contribution < -0.4 is 33.2 Å². The van der Waals surface area contributed by atoms with Gasteiger partial charge in [0, 0.05) is 12.2 Å². The molecule has 0 saturated carbocycles. The van der Waals surface area contributed by atoms with Crippen molar-refractivity contribution in [2.75, 3.05) is 12.3 Å². The van der Waals surface area contributed by atoms with Crippen molar-refractivity contribution in [3.05, 3.63) is 0 Å². The van der Waals surface area contributed by atoms with Gasteiger partial charge in [0.1, 0.15) is 18.1 Å². The Labute approximate surface area is 165 Å². The van der Waals surface area contributed by atoms with Gasteiger partial charge in [-0.15, -0.1) is 0 Å². The fourth-order valence-corrected chi connectivity index (χ4v) is 2.20. The average Bonchev–Trinajstić information content (AvgIpc) is 2.60. The highest BCUT2D eigenvalue weighted by molar-refractivity contribution is 7.80. The zero-order chi connectivity index (χ0) is 21.9. The molecule has 0 rings (SSSR count). The molecule has 0 aromatic carbocycles. The lowest BCUT2D eigenvalue weighted by atomic mass is 10.1. The minimum atomic E-state index is -1.42. The molecular formula is C14H24N6O7S. The second-order valence-corrected chi connectivity index (χ2v) is 6.01. The van der Waals surface area contributed by atoms with Crippen LogP contribution in [-0.2, 0) is 28.8 Å². The van der Waals surface area contributed by atoms with E-state index in [1.54, 1.807) is 0 Å². The van der Waals surface area contributed by atoms with E-state index in [2.05, 4.69) is 28.6 Å². The zero-order valence-electron chi connectivity index (χ0n) is 14.8. The molecule has 28 heavy (non-hydrogen) atoms. The number of carbonyl (C=O) groups is 6. The molecular weight excluding hydrogens is 396 g/mol. The zero-order valence-corrected chi connectivity index (χ0v) is 15.7. The van der Waals surface area contributed by atoms with Crippen LogP contribution in [0.4, 0.5) is 0 Å². The first-order valence-corrected chi connectivity index (χ1v) is 8.65. The van der Waals surface area contributed by atoms with Gasteiger partial charge in [-0.25, -0.2) is 4.79 Å². The summed E-state index contributed by atoms with van der Waals surface area (Å²) in [7, 11) is 0. The number of rotatable bonds is 13. The van der Waals surface area contributed by atoms with Gasteiger partial charge in [0.25, 0.3) is 0 Å². The van der Waals surface area contributed by atoms with Crippen molar-refractivity contribution >= 4 is 48.1 Å². The first-order chi connectivity index (χ1) is 13.0. The standard InChI is InChI=1S/C14H24N6O7S/c15-4-11(23)18-7(3-10(17)22)13(25)19-6(1-2-9(16)21)12(24)20-8(5-28)14(26)27/h6-8,28H,1-5,15H2,(H2,16,21)(H2,17,22)(H,18,23)(H,19,25)(H,20,24)(H,26,27)/t6-,7-,8-/m0/s1. The van der Waals surface area contributed by atoms with Gasteiger partial charge in [0.15, 0.2) is 0 Å². The van der Waals surface area contributed by atoms with Crippen LogP contribution in [0.2, 0.25) is 0 Å². The van der Waals surface area contributed by atoms with Gasteiger partial charge in [-0.05, 0) is 6.42 Å². The number of amides is 5. The molecule has 0 radical (unpaired) electrons. The molecule has 0 bridgehead atoms. The van der Waals surface area contributed by atoms with Gasteiger partial charge in [0.05, 0.1) is 13.0 Å². The molecule has 0 unspecified atom stereocenters. The fraction of sp³-hybridized carbons (Fsp3) is 0.571. The highest BCUT2D eigenvalue weighted by Crippen LogP contribution is 2.02. The number of hydrogen-bond donors (Lipinski definition) is 8. The smallest absolute Gasteiger partial charge is 0.327 e. The third kappa shape index (κ3) is 9.72. The van der Waals surface area contributed by atoms with E-state index in [-0.39, 0.29) is 18.6 Å². The minimum absolute atomic E-state index is 0.228. The molecule has 0 spiro atoms. The monoisotopic (exact) mass is 420 g/mol. The van der Waals surface area contributed by atoms with Crippen molar-refractivity contribution in [1.82, 2.24) is 16.0 Å². The summed E-state index contributed by atoms with van der Waals surface area (Å²) in [5.74, 6) is -5.88. The van der Waals surface area contributed by atoms with Gasteiger partial charge in [-0.3, -0.25) is 24.0 Å². The molecule has 0 aromatic heterocycles. The first-order valence-electron chi connectivity index (χ1n) is 8.02. The number of primary amides is 2. The Morgan fingerprint density at radius 1 is 0.857 bits per heavy atom. The highest BCUT2D eigenvalue weighted by atomic mass is 32.1. The number of carboxylic acids is 1. The molecule has 0 aliphatic carbocycles. The van der Waals surface area contributed by atoms with Crippen molar-refractivity contribution in [3.63, 3.8) is 0 Å². The van der Waals surface area contributed by atoms with E-state index in [0.29, 0.717) is 0 Å². The molecule has 0 heterocycles. The Balaban J connectivity index is 5.35. The third-order valence-electron chi connectivity index (χ3n) is 3.35. The average molecular weight is 420 g/mol. The van der Waals surface area contributed by atoms with E-state index in [1.807, 2.05) is 0 Å². The van der Waals surface area contributed by atoms with E-state index < -0.39 is 66.6 Å². The summed E-state index contributed by atoms with van der Waals surface area (Å²) in [5, 5.41) is 15.5. The summed E-state index contributed by atoms with van der Waals surface area (Å²) in [6.45, 7) is -0.462. The second kappa shape index (κ2) is 12.5. The number of nitrogens with one attached hydrogen (secondary N) is 3. The van der Waals surface area contributed by atoms with Gasteiger partial charge < -0.3 is 38.3 Å². The van der Waals surface area contributed by atoms with E-state index in [9.17, 15) is 28.8 Å². The third-order valence-corrected chi connectivity index (χ3v) is 3.72. The molecule has 158 valence electrons. The molecule has 3 atom stereocenters. The summed E-state index contributed by atoms with van der Waals surface area (Å²) >= 11 is 3.80. The molecule has 0 aliphatic heterocycles. The van der Waals surface area contributed by atoms with Crippen LogP contribution in [-0.4, -0.2) is 71.0 Å². The molecule has 14 heteroatoms. The van der Waals surface area contributed by atoms with E-state index in [0.717, 1.165) is 0 Å². The summed E-state index contributed by atoms with van der Waals surface area (Å²) < 4.78 is 0. The second-order valence-electron chi connectivity index (χ2n) is 5.64. The number of hydrogen-bond acceptors (Lipinski definition) is 8. The molecule has 13 nitrogen and oxygen atoms in total. The Bertz CT molecular complexity index is 629. The SMILES string of the molecule is NCC(=O)N[C@@H](CC(N)=O)C(=O)N[C@@H](CCC(N)=O)C(=O)N[C@@H](CS)C(=O)O. The minimum Gasteiger partial charge on any atom is -0.480 e. The molecule has 0 aliphatic rings. The maximum Gasteiger partial charge on any atom is 0.327 e. The van der Waals surface area contributed by atoms with Crippen molar-refractivity contribution in [3.8, 4) is 0 Å². The van der Waals surface area contributed by atoms with Crippen LogP contribution in [0.25, 0.3) is 0 Å².